The fraction of sp³-hybridized carbons (Fsp3) is 0.421. The third-order valence-corrected chi connectivity index (χ3v) is 5.53. The molecule has 0 spiro atoms. The van der Waals surface area contributed by atoms with E-state index in [2.05, 4.69) is 10.3 Å². The van der Waals surface area contributed by atoms with Crippen molar-refractivity contribution in [2.45, 2.75) is 40.0 Å². The van der Waals surface area contributed by atoms with E-state index in [1.165, 1.54) is 0 Å². The number of aromatic nitrogens is 1. The second kappa shape index (κ2) is 7.35. The molecular weight excluding hydrogens is 334 g/mol. The van der Waals surface area contributed by atoms with Gasteiger partial charge in [0.2, 0.25) is 5.91 Å². The van der Waals surface area contributed by atoms with Crippen LogP contribution in [0.5, 0.6) is 0 Å². The summed E-state index contributed by atoms with van der Waals surface area (Å²) in [6.07, 6.45) is 2.48. The Morgan fingerprint density at radius 3 is 2.52 bits per heavy atom. The Balaban J connectivity index is 1.67. The van der Waals surface area contributed by atoms with Crippen molar-refractivity contribution in [2.75, 3.05) is 18.4 Å². The average Bonchev–Trinajstić information content (AvgIpc) is 3.19. The Morgan fingerprint density at radius 2 is 1.92 bits per heavy atom. The number of benzene rings is 1. The fourth-order valence-electron chi connectivity index (χ4n) is 3.12. The lowest BCUT2D eigenvalue weighted by atomic mass is 10.1. The predicted molar refractivity (Wildman–Crippen MR) is 100 cm³/mol. The summed E-state index contributed by atoms with van der Waals surface area (Å²) in [5.74, 6) is 0.0164. The summed E-state index contributed by atoms with van der Waals surface area (Å²) in [6.45, 7) is 7.46. The monoisotopic (exact) mass is 357 g/mol. The third kappa shape index (κ3) is 4.07. The second-order valence-electron chi connectivity index (χ2n) is 6.50. The topological polar surface area (TPSA) is 62.3 Å². The first kappa shape index (κ1) is 17.6. The summed E-state index contributed by atoms with van der Waals surface area (Å²) >= 11 is 1.56. The average molecular weight is 357 g/mol. The van der Waals surface area contributed by atoms with Crippen molar-refractivity contribution >= 4 is 28.8 Å². The molecule has 2 aromatic rings. The van der Waals surface area contributed by atoms with Crippen LogP contribution >= 0.6 is 11.3 Å². The smallest absolute Gasteiger partial charge is 0.253 e. The molecular formula is C19H23N3O2S. The number of rotatable bonds is 4. The zero-order valence-electron chi connectivity index (χ0n) is 14.9. The Labute approximate surface area is 152 Å². The van der Waals surface area contributed by atoms with Gasteiger partial charge in [0, 0.05) is 29.2 Å². The van der Waals surface area contributed by atoms with E-state index >= 15 is 0 Å². The molecule has 1 N–H and O–H groups in total. The van der Waals surface area contributed by atoms with Gasteiger partial charge >= 0.3 is 0 Å². The molecule has 1 aromatic carbocycles. The van der Waals surface area contributed by atoms with Crippen molar-refractivity contribution in [1.82, 2.24) is 9.88 Å². The first-order valence-corrected chi connectivity index (χ1v) is 9.38. The Morgan fingerprint density at radius 1 is 1.20 bits per heavy atom. The standard InChI is InChI=1S/C19H23N3O2S/c1-12-10-15(19(24)22-8-4-5-9-22)6-7-16(12)21-18(23)11-17-13(2)20-14(3)25-17/h6-7,10H,4-5,8-9,11H2,1-3H3,(H,21,23). The van der Waals surface area contributed by atoms with Crippen molar-refractivity contribution in [3.8, 4) is 0 Å². The Kier molecular flexibility index (Phi) is 5.18. The highest BCUT2D eigenvalue weighted by molar-refractivity contribution is 7.11. The molecule has 5 nitrogen and oxygen atoms in total. The molecule has 3 rings (SSSR count). The number of thiazole rings is 1. The maximum absolute atomic E-state index is 12.4. The molecule has 2 heterocycles. The van der Waals surface area contributed by atoms with Gasteiger partial charge in [0.15, 0.2) is 0 Å². The van der Waals surface area contributed by atoms with Crippen LogP contribution in [0.2, 0.25) is 0 Å². The molecule has 2 amide bonds. The molecule has 132 valence electrons. The summed E-state index contributed by atoms with van der Waals surface area (Å²) in [5.41, 5.74) is 3.25. The molecule has 6 heteroatoms. The van der Waals surface area contributed by atoms with Crippen molar-refractivity contribution < 1.29 is 9.59 Å². The number of carbonyl (C=O) groups excluding carboxylic acids is 2. The number of amides is 2. The lowest BCUT2D eigenvalue weighted by molar-refractivity contribution is -0.115. The second-order valence-corrected chi connectivity index (χ2v) is 7.78. The van der Waals surface area contributed by atoms with Crippen molar-refractivity contribution in [1.29, 1.82) is 0 Å². The zero-order chi connectivity index (χ0) is 18.0. The molecule has 1 aliphatic rings. The third-order valence-electron chi connectivity index (χ3n) is 4.46. The highest BCUT2D eigenvalue weighted by Crippen LogP contribution is 2.21. The first-order valence-electron chi connectivity index (χ1n) is 8.56. The molecule has 25 heavy (non-hydrogen) atoms. The minimum Gasteiger partial charge on any atom is -0.339 e. The molecule has 1 aromatic heterocycles. The van der Waals surface area contributed by atoms with E-state index in [-0.39, 0.29) is 11.8 Å². The van der Waals surface area contributed by atoms with Crippen LogP contribution in [-0.4, -0.2) is 34.8 Å². The summed E-state index contributed by atoms with van der Waals surface area (Å²) in [6, 6.07) is 5.48. The Bertz CT molecular complexity index is 807. The van der Waals surface area contributed by atoms with Crippen LogP contribution in [-0.2, 0) is 11.2 Å². The molecule has 1 fully saturated rings. The molecule has 0 bridgehead atoms. The van der Waals surface area contributed by atoms with Crippen LogP contribution in [0.25, 0.3) is 0 Å². The predicted octanol–water partition coefficient (Wildman–Crippen LogP) is 3.49. The van der Waals surface area contributed by atoms with Crippen LogP contribution in [0.4, 0.5) is 5.69 Å². The van der Waals surface area contributed by atoms with E-state index in [9.17, 15) is 9.59 Å². The number of aryl methyl sites for hydroxylation is 3. The van der Waals surface area contributed by atoms with Gasteiger partial charge in [0.25, 0.3) is 5.91 Å². The number of hydrogen-bond donors (Lipinski definition) is 1. The number of hydrogen-bond acceptors (Lipinski definition) is 4. The van der Waals surface area contributed by atoms with Crippen LogP contribution in [0.1, 0.15) is 44.3 Å². The van der Waals surface area contributed by atoms with Crippen LogP contribution in [0.3, 0.4) is 0 Å². The van der Waals surface area contributed by atoms with Crippen LogP contribution in [0, 0.1) is 20.8 Å². The van der Waals surface area contributed by atoms with Gasteiger partial charge in [0.1, 0.15) is 0 Å². The molecule has 0 aliphatic carbocycles. The van der Waals surface area contributed by atoms with Gasteiger partial charge in [-0.25, -0.2) is 4.98 Å². The van der Waals surface area contributed by atoms with Crippen molar-refractivity contribution in [3.63, 3.8) is 0 Å². The maximum atomic E-state index is 12.4. The van der Waals surface area contributed by atoms with E-state index in [0.717, 1.165) is 52.8 Å². The molecule has 0 radical (unpaired) electrons. The van der Waals surface area contributed by atoms with Crippen molar-refractivity contribution in [3.05, 3.63) is 44.9 Å². The lowest BCUT2D eigenvalue weighted by Gasteiger charge is -2.16. The number of carbonyl (C=O) groups is 2. The summed E-state index contributed by atoms with van der Waals surface area (Å²) in [7, 11) is 0. The van der Waals surface area contributed by atoms with Gasteiger partial charge in [-0.3, -0.25) is 9.59 Å². The van der Waals surface area contributed by atoms with Crippen LogP contribution < -0.4 is 5.32 Å². The van der Waals surface area contributed by atoms with Gasteiger partial charge in [-0.05, 0) is 57.4 Å². The van der Waals surface area contributed by atoms with E-state index in [1.807, 2.05) is 37.8 Å². The first-order chi connectivity index (χ1) is 11.9. The number of likely N-dealkylation sites (tertiary alicyclic amines) is 1. The van der Waals surface area contributed by atoms with Crippen LogP contribution in [0.15, 0.2) is 18.2 Å². The van der Waals surface area contributed by atoms with Gasteiger partial charge < -0.3 is 10.2 Å². The molecule has 1 aliphatic heterocycles. The SMILES string of the molecule is Cc1nc(C)c(CC(=O)Nc2ccc(C(=O)N3CCCC3)cc2C)s1. The normalized spacial score (nSPS) is 14.0. The zero-order valence-corrected chi connectivity index (χ0v) is 15.7. The quantitative estimate of drug-likeness (QED) is 0.911. The highest BCUT2D eigenvalue weighted by atomic mass is 32.1. The van der Waals surface area contributed by atoms with Crippen molar-refractivity contribution in [2.24, 2.45) is 0 Å². The number of nitrogens with one attached hydrogen (secondary N) is 1. The summed E-state index contributed by atoms with van der Waals surface area (Å²) in [4.78, 5) is 32.0. The van der Waals surface area contributed by atoms with E-state index in [1.54, 1.807) is 17.4 Å². The molecule has 0 unspecified atom stereocenters. The maximum Gasteiger partial charge on any atom is 0.253 e. The van der Waals surface area contributed by atoms with E-state index < -0.39 is 0 Å². The molecule has 0 saturated carbocycles. The van der Waals surface area contributed by atoms with Gasteiger partial charge in [0.05, 0.1) is 17.1 Å². The largest absolute Gasteiger partial charge is 0.339 e. The van der Waals surface area contributed by atoms with E-state index in [4.69, 9.17) is 0 Å². The minimum atomic E-state index is -0.0616. The summed E-state index contributed by atoms with van der Waals surface area (Å²) in [5, 5.41) is 3.92. The fourth-order valence-corrected chi connectivity index (χ4v) is 4.05. The van der Waals surface area contributed by atoms with E-state index in [0.29, 0.717) is 12.0 Å². The molecule has 0 atom stereocenters. The number of anilines is 1. The lowest BCUT2D eigenvalue weighted by Crippen LogP contribution is -2.27. The van der Waals surface area contributed by atoms with Gasteiger partial charge in [-0.1, -0.05) is 0 Å². The molecule has 1 saturated heterocycles. The highest BCUT2D eigenvalue weighted by Gasteiger charge is 2.20. The minimum absolute atomic E-state index is 0.0616. The number of nitrogens with zero attached hydrogens (tertiary/aromatic N) is 2. The summed E-state index contributed by atoms with van der Waals surface area (Å²) < 4.78 is 0. The van der Waals surface area contributed by atoms with Gasteiger partial charge in [-0.2, -0.15) is 0 Å². The van der Waals surface area contributed by atoms with Gasteiger partial charge in [-0.15, -0.1) is 11.3 Å². The Hall–Kier alpha value is -2.21.